The van der Waals surface area contributed by atoms with Crippen molar-refractivity contribution in [3.05, 3.63) is 84.8 Å². The van der Waals surface area contributed by atoms with E-state index in [4.69, 9.17) is 4.74 Å². The summed E-state index contributed by atoms with van der Waals surface area (Å²) in [4.78, 5) is 6.77. The lowest BCUT2D eigenvalue weighted by Gasteiger charge is -2.02. The number of aromatic amines is 1. The van der Waals surface area contributed by atoms with E-state index < -0.39 is 0 Å². The highest BCUT2D eigenvalue weighted by Crippen LogP contribution is 2.08. The zero-order valence-corrected chi connectivity index (χ0v) is 10.6. The molecule has 0 radical (unpaired) electrons. The lowest BCUT2D eigenvalue weighted by molar-refractivity contribution is 0.295. The van der Waals surface area contributed by atoms with E-state index in [0.717, 1.165) is 5.88 Å². The summed E-state index contributed by atoms with van der Waals surface area (Å²) in [6.07, 6.45) is 5.35. The largest absolute Gasteiger partial charge is 0.474 e. The molecule has 0 amide bonds. The molecule has 1 aromatic carbocycles. The van der Waals surface area contributed by atoms with Crippen LogP contribution in [0.5, 0.6) is 5.88 Å². The standard InChI is InChI=1S/C11H11NO.C5H5N/c1-2-5-10(6-3-1)9-13-11-7-4-8-12-11;1-2-4-6-5-3-1/h1-8,12H,9H2;1-5H. The summed E-state index contributed by atoms with van der Waals surface area (Å²) in [5, 5.41) is 0. The lowest BCUT2D eigenvalue weighted by Crippen LogP contribution is -1.94. The van der Waals surface area contributed by atoms with Crippen LogP contribution in [0, 0.1) is 0 Å². The third-order valence-corrected chi connectivity index (χ3v) is 2.37. The van der Waals surface area contributed by atoms with Crippen LogP contribution in [-0.4, -0.2) is 9.97 Å². The van der Waals surface area contributed by atoms with Gasteiger partial charge in [-0.25, -0.2) is 0 Å². The van der Waals surface area contributed by atoms with Crippen molar-refractivity contribution in [3.8, 4) is 5.88 Å². The van der Waals surface area contributed by atoms with Crippen LogP contribution >= 0.6 is 0 Å². The second kappa shape index (κ2) is 7.71. The molecule has 3 heteroatoms. The SMILES string of the molecule is c1ccc(COc2ccc[nH]2)cc1.c1ccncc1. The van der Waals surface area contributed by atoms with E-state index in [1.807, 2.05) is 66.9 Å². The van der Waals surface area contributed by atoms with Gasteiger partial charge in [-0.15, -0.1) is 0 Å². The highest BCUT2D eigenvalue weighted by molar-refractivity contribution is 5.15. The minimum absolute atomic E-state index is 0.612. The predicted molar refractivity (Wildman–Crippen MR) is 75.8 cm³/mol. The molecular weight excluding hydrogens is 236 g/mol. The number of H-pyrrole nitrogens is 1. The number of benzene rings is 1. The summed E-state index contributed by atoms with van der Waals surface area (Å²) in [7, 11) is 0. The third-order valence-electron chi connectivity index (χ3n) is 2.37. The summed E-state index contributed by atoms with van der Waals surface area (Å²) in [5.41, 5.74) is 1.18. The van der Waals surface area contributed by atoms with Gasteiger partial charge >= 0.3 is 0 Å². The molecule has 0 aliphatic carbocycles. The predicted octanol–water partition coefficient (Wildman–Crippen LogP) is 3.68. The molecule has 0 saturated heterocycles. The Morgan fingerprint density at radius 3 is 2.11 bits per heavy atom. The minimum Gasteiger partial charge on any atom is -0.474 e. The fourth-order valence-electron chi connectivity index (χ4n) is 1.45. The Bertz CT molecular complexity index is 509. The van der Waals surface area contributed by atoms with Gasteiger partial charge in [-0.3, -0.25) is 4.98 Å². The number of nitrogens with zero attached hydrogens (tertiary/aromatic N) is 1. The molecule has 0 unspecified atom stereocenters. The maximum Gasteiger partial charge on any atom is 0.191 e. The average molecular weight is 252 g/mol. The monoisotopic (exact) mass is 252 g/mol. The Kier molecular flexibility index (Phi) is 5.24. The first-order valence-corrected chi connectivity index (χ1v) is 6.10. The smallest absolute Gasteiger partial charge is 0.191 e. The van der Waals surface area contributed by atoms with E-state index in [1.165, 1.54) is 5.56 Å². The normalized spacial score (nSPS) is 9.26. The van der Waals surface area contributed by atoms with Crippen molar-refractivity contribution in [2.75, 3.05) is 0 Å². The molecule has 2 heterocycles. The molecule has 3 rings (SSSR count). The quantitative estimate of drug-likeness (QED) is 0.772. The molecule has 3 aromatic rings. The maximum atomic E-state index is 5.48. The number of ether oxygens (including phenoxy) is 1. The topological polar surface area (TPSA) is 37.9 Å². The van der Waals surface area contributed by atoms with Gasteiger partial charge in [0.2, 0.25) is 0 Å². The zero-order valence-electron chi connectivity index (χ0n) is 10.6. The van der Waals surface area contributed by atoms with Gasteiger partial charge in [0.25, 0.3) is 0 Å². The maximum absolute atomic E-state index is 5.48. The van der Waals surface area contributed by atoms with Gasteiger partial charge in [0.05, 0.1) is 0 Å². The number of pyridine rings is 1. The van der Waals surface area contributed by atoms with Crippen LogP contribution in [0.3, 0.4) is 0 Å². The van der Waals surface area contributed by atoms with Crippen LogP contribution in [0.25, 0.3) is 0 Å². The third kappa shape index (κ3) is 5.08. The highest BCUT2D eigenvalue weighted by Gasteiger charge is 1.93. The van der Waals surface area contributed by atoms with Crippen molar-refractivity contribution < 1.29 is 4.74 Å². The molecular formula is C16H16N2O. The van der Waals surface area contributed by atoms with Gasteiger partial charge in [-0.2, -0.15) is 0 Å². The molecule has 0 bridgehead atoms. The summed E-state index contributed by atoms with van der Waals surface area (Å²) in [6.45, 7) is 0.612. The summed E-state index contributed by atoms with van der Waals surface area (Å²) < 4.78 is 5.48. The fraction of sp³-hybridized carbons (Fsp3) is 0.0625. The van der Waals surface area contributed by atoms with Crippen molar-refractivity contribution in [2.45, 2.75) is 6.61 Å². The zero-order chi connectivity index (χ0) is 13.2. The van der Waals surface area contributed by atoms with Gasteiger partial charge in [0, 0.05) is 18.6 Å². The molecule has 96 valence electrons. The summed E-state index contributed by atoms with van der Waals surface area (Å²) in [5.74, 6) is 0.809. The number of nitrogens with one attached hydrogen (secondary N) is 1. The lowest BCUT2D eigenvalue weighted by atomic mass is 10.2. The molecule has 0 spiro atoms. The fourth-order valence-corrected chi connectivity index (χ4v) is 1.45. The van der Waals surface area contributed by atoms with Gasteiger partial charge < -0.3 is 9.72 Å². The van der Waals surface area contributed by atoms with Crippen LogP contribution in [-0.2, 0) is 6.61 Å². The van der Waals surface area contributed by atoms with E-state index >= 15 is 0 Å². The van der Waals surface area contributed by atoms with E-state index in [1.54, 1.807) is 12.4 Å². The molecule has 3 nitrogen and oxygen atoms in total. The number of aromatic nitrogens is 2. The van der Waals surface area contributed by atoms with Crippen molar-refractivity contribution >= 4 is 0 Å². The molecule has 0 atom stereocenters. The molecule has 0 aliphatic heterocycles. The van der Waals surface area contributed by atoms with Gasteiger partial charge in [-0.1, -0.05) is 36.4 Å². The van der Waals surface area contributed by atoms with E-state index in [-0.39, 0.29) is 0 Å². The Labute approximate surface area is 112 Å². The van der Waals surface area contributed by atoms with E-state index in [9.17, 15) is 0 Å². The minimum atomic E-state index is 0.612. The Morgan fingerprint density at radius 2 is 1.58 bits per heavy atom. The van der Waals surface area contributed by atoms with Crippen LogP contribution in [0.1, 0.15) is 5.56 Å². The second-order valence-corrected chi connectivity index (χ2v) is 3.83. The average Bonchev–Trinajstić information content (AvgIpc) is 3.02. The molecule has 2 aromatic heterocycles. The van der Waals surface area contributed by atoms with Crippen molar-refractivity contribution in [2.24, 2.45) is 0 Å². The van der Waals surface area contributed by atoms with Gasteiger partial charge in [0.15, 0.2) is 5.88 Å². The molecule has 0 saturated carbocycles. The van der Waals surface area contributed by atoms with Crippen molar-refractivity contribution in [3.63, 3.8) is 0 Å². The molecule has 0 aliphatic rings. The Hall–Kier alpha value is -2.55. The summed E-state index contributed by atoms with van der Waals surface area (Å²) in [6, 6.07) is 19.6. The molecule has 19 heavy (non-hydrogen) atoms. The van der Waals surface area contributed by atoms with Crippen LogP contribution < -0.4 is 4.74 Å². The highest BCUT2D eigenvalue weighted by atomic mass is 16.5. The Morgan fingerprint density at radius 1 is 0.842 bits per heavy atom. The van der Waals surface area contributed by atoms with Crippen LogP contribution in [0.4, 0.5) is 0 Å². The molecule has 0 fully saturated rings. The van der Waals surface area contributed by atoms with Crippen molar-refractivity contribution in [1.82, 2.24) is 9.97 Å². The van der Waals surface area contributed by atoms with Crippen molar-refractivity contribution in [1.29, 1.82) is 0 Å². The first-order valence-electron chi connectivity index (χ1n) is 6.10. The summed E-state index contributed by atoms with van der Waals surface area (Å²) >= 11 is 0. The van der Waals surface area contributed by atoms with Crippen LogP contribution in [0.15, 0.2) is 79.3 Å². The number of hydrogen-bond donors (Lipinski definition) is 1. The van der Waals surface area contributed by atoms with Crippen LogP contribution in [0.2, 0.25) is 0 Å². The Balaban J connectivity index is 0.000000186. The first-order chi connectivity index (χ1) is 9.45. The van der Waals surface area contributed by atoms with E-state index in [2.05, 4.69) is 9.97 Å². The van der Waals surface area contributed by atoms with Gasteiger partial charge in [0.1, 0.15) is 6.61 Å². The number of hydrogen-bond acceptors (Lipinski definition) is 2. The number of rotatable bonds is 3. The van der Waals surface area contributed by atoms with E-state index in [0.29, 0.717) is 6.61 Å². The van der Waals surface area contributed by atoms with Gasteiger partial charge in [-0.05, 0) is 29.8 Å². The second-order valence-electron chi connectivity index (χ2n) is 3.83. The first kappa shape index (κ1) is 12.9. The molecule has 1 N–H and O–H groups in total.